The lowest BCUT2D eigenvalue weighted by molar-refractivity contribution is -0.113. The number of aromatic nitrogens is 4. The molecule has 4 rings (SSSR count). The lowest BCUT2D eigenvalue weighted by atomic mass is 10.1. The van der Waals surface area contributed by atoms with Crippen LogP contribution in [0.3, 0.4) is 0 Å². The molecule has 3 aromatic heterocycles. The number of hydrogen-bond acceptors (Lipinski definition) is 6. The van der Waals surface area contributed by atoms with Crippen molar-refractivity contribution in [2.24, 2.45) is 0 Å². The highest BCUT2D eigenvalue weighted by atomic mass is 32.2. The third kappa shape index (κ3) is 4.01. The lowest BCUT2D eigenvalue weighted by Gasteiger charge is -2.02. The maximum atomic E-state index is 11.9. The van der Waals surface area contributed by atoms with E-state index in [1.165, 1.54) is 34.2 Å². The maximum absolute atomic E-state index is 11.9. The largest absolute Gasteiger partial charge is 0.338 e. The Morgan fingerprint density at radius 3 is 2.81 bits per heavy atom. The number of thiazole rings is 1. The number of rotatable bonds is 5. The number of thioether (sulfide) groups is 1. The van der Waals surface area contributed by atoms with Crippen LogP contribution in [0.5, 0.6) is 0 Å². The van der Waals surface area contributed by atoms with Gasteiger partial charge >= 0.3 is 0 Å². The summed E-state index contributed by atoms with van der Waals surface area (Å²) < 4.78 is 0. The highest BCUT2D eigenvalue weighted by molar-refractivity contribution is 7.99. The molecule has 0 fully saturated rings. The number of carbonyl (C=O) groups excluding carboxylic acids is 1. The van der Waals surface area contributed by atoms with E-state index < -0.39 is 0 Å². The summed E-state index contributed by atoms with van der Waals surface area (Å²) in [6.45, 7) is 4.18. The van der Waals surface area contributed by atoms with Crippen LogP contribution in [0.25, 0.3) is 22.4 Å². The minimum Gasteiger partial charge on any atom is -0.338 e. The van der Waals surface area contributed by atoms with Crippen molar-refractivity contribution in [3.63, 3.8) is 0 Å². The van der Waals surface area contributed by atoms with Crippen LogP contribution in [0.4, 0.5) is 5.13 Å². The summed E-state index contributed by atoms with van der Waals surface area (Å²) >= 11 is 2.78. The summed E-state index contributed by atoms with van der Waals surface area (Å²) in [6.07, 6.45) is 3.44. The molecule has 136 valence electrons. The number of carbonyl (C=O) groups is 1. The number of nitrogens with zero attached hydrogens (tertiary/aromatic N) is 3. The van der Waals surface area contributed by atoms with Gasteiger partial charge in [0.05, 0.1) is 21.8 Å². The van der Waals surface area contributed by atoms with Gasteiger partial charge in [-0.25, -0.2) is 15.0 Å². The fraction of sp³-hybridized carbons (Fsp3) is 0.158. The third-order valence-electron chi connectivity index (χ3n) is 4.14. The summed E-state index contributed by atoms with van der Waals surface area (Å²) in [7, 11) is 0. The van der Waals surface area contributed by atoms with Crippen molar-refractivity contribution in [3.05, 3.63) is 53.2 Å². The van der Waals surface area contributed by atoms with Gasteiger partial charge in [-0.2, -0.15) is 0 Å². The molecule has 0 aliphatic carbocycles. The zero-order chi connectivity index (χ0) is 18.8. The predicted molar refractivity (Wildman–Crippen MR) is 110 cm³/mol. The van der Waals surface area contributed by atoms with Crippen LogP contribution in [0.2, 0.25) is 0 Å². The number of nitrogens with one attached hydrogen (secondary N) is 2. The number of benzene rings is 1. The zero-order valence-corrected chi connectivity index (χ0v) is 16.4. The molecule has 0 atom stereocenters. The van der Waals surface area contributed by atoms with E-state index >= 15 is 0 Å². The van der Waals surface area contributed by atoms with Gasteiger partial charge in [0.15, 0.2) is 5.13 Å². The summed E-state index contributed by atoms with van der Waals surface area (Å²) in [5.74, 6) is 0.985. The number of H-pyrrole nitrogens is 1. The van der Waals surface area contributed by atoms with Crippen LogP contribution in [-0.2, 0) is 4.79 Å². The quantitative estimate of drug-likeness (QED) is 0.489. The molecule has 0 saturated heterocycles. The minimum absolute atomic E-state index is 0.0937. The van der Waals surface area contributed by atoms with Crippen LogP contribution in [-0.4, -0.2) is 31.6 Å². The lowest BCUT2D eigenvalue weighted by Crippen LogP contribution is -2.13. The van der Waals surface area contributed by atoms with Gasteiger partial charge in [-0.15, -0.1) is 11.3 Å². The molecule has 3 heterocycles. The number of anilines is 1. The molecular formula is C19H17N5OS2. The van der Waals surface area contributed by atoms with Crippen LogP contribution in [0.15, 0.2) is 47.1 Å². The molecule has 0 radical (unpaired) electrons. The van der Waals surface area contributed by atoms with E-state index in [0.29, 0.717) is 5.13 Å². The molecule has 0 aliphatic rings. The number of aromatic amines is 1. The van der Waals surface area contributed by atoms with E-state index in [1.807, 2.05) is 17.5 Å². The Hall–Kier alpha value is -2.71. The molecule has 6 nitrogen and oxygen atoms in total. The fourth-order valence-electron chi connectivity index (χ4n) is 2.59. The minimum atomic E-state index is -0.0937. The van der Waals surface area contributed by atoms with E-state index in [1.54, 1.807) is 12.4 Å². The Labute approximate surface area is 164 Å². The molecule has 2 N–H and O–H groups in total. The Balaban J connectivity index is 1.43. The van der Waals surface area contributed by atoms with Crippen molar-refractivity contribution >= 4 is 45.2 Å². The van der Waals surface area contributed by atoms with Gasteiger partial charge in [-0.3, -0.25) is 4.79 Å². The second kappa shape index (κ2) is 7.50. The molecular weight excluding hydrogens is 378 g/mol. The molecule has 1 amide bonds. The van der Waals surface area contributed by atoms with Crippen LogP contribution >= 0.6 is 23.1 Å². The summed E-state index contributed by atoms with van der Waals surface area (Å²) in [5.41, 5.74) is 5.34. The van der Waals surface area contributed by atoms with E-state index in [0.717, 1.165) is 27.4 Å². The third-order valence-corrected chi connectivity index (χ3v) is 5.77. The normalized spacial score (nSPS) is 11.0. The average Bonchev–Trinajstić information content (AvgIpc) is 3.30. The molecule has 0 unspecified atom stereocenters. The van der Waals surface area contributed by atoms with Gasteiger partial charge in [0, 0.05) is 23.3 Å². The predicted octanol–water partition coefficient (Wildman–Crippen LogP) is 4.43. The summed E-state index contributed by atoms with van der Waals surface area (Å²) in [6, 6.07) is 8.06. The van der Waals surface area contributed by atoms with Gasteiger partial charge in [0.25, 0.3) is 0 Å². The summed E-state index contributed by atoms with van der Waals surface area (Å²) in [4.78, 5) is 28.4. The van der Waals surface area contributed by atoms with Gasteiger partial charge in [-0.05, 0) is 49.2 Å². The van der Waals surface area contributed by atoms with Crippen LogP contribution in [0, 0.1) is 13.8 Å². The van der Waals surface area contributed by atoms with Gasteiger partial charge in [0.2, 0.25) is 5.91 Å². The smallest absolute Gasteiger partial charge is 0.236 e. The standard InChI is InChI=1S/C19H17N5OS2/c1-11-7-14-15(8-12(11)2)23-18(22-14)13-3-4-17(21-9-13)27-10-16(25)24-19-20-5-6-26-19/h3-9H,10H2,1-2H3,(H,22,23)(H,20,24,25). The molecule has 0 bridgehead atoms. The first kappa shape index (κ1) is 17.7. The molecule has 0 spiro atoms. The van der Waals surface area contributed by atoms with Crippen molar-refractivity contribution in [2.75, 3.05) is 11.1 Å². The highest BCUT2D eigenvalue weighted by Gasteiger charge is 2.09. The highest BCUT2D eigenvalue weighted by Crippen LogP contribution is 2.24. The number of hydrogen-bond donors (Lipinski definition) is 2. The van der Waals surface area contributed by atoms with E-state index in [-0.39, 0.29) is 11.7 Å². The number of fused-ring (bicyclic) bond motifs is 1. The van der Waals surface area contributed by atoms with Crippen LogP contribution in [0.1, 0.15) is 11.1 Å². The van der Waals surface area contributed by atoms with Gasteiger partial charge in [0.1, 0.15) is 5.82 Å². The first-order valence-electron chi connectivity index (χ1n) is 8.34. The summed E-state index contributed by atoms with van der Waals surface area (Å²) in [5, 5.41) is 5.98. The Morgan fingerprint density at radius 1 is 1.22 bits per heavy atom. The molecule has 27 heavy (non-hydrogen) atoms. The van der Waals surface area contributed by atoms with E-state index in [2.05, 4.69) is 51.2 Å². The molecule has 0 saturated carbocycles. The second-order valence-corrected chi connectivity index (χ2v) is 7.99. The Morgan fingerprint density at radius 2 is 2.07 bits per heavy atom. The SMILES string of the molecule is Cc1cc2nc(-c3ccc(SCC(=O)Nc4nccs4)nc3)[nH]c2cc1C. The van der Waals surface area contributed by atoms with Crippen molar-refractivity contribution in [1.29, 1.82) is 0 Å². The topological polar surface area (TPSA) is 83.6 Å². The second-order valence-electron chi connectivity index (χ2n) is 6.10. The van der Waals surface area contributed by atoms with Crippen molar-refractivity contribution in [2.45, 2.75) is 18.9 Å². The monoisotopic (exact) mass is 395 g/mol. The fourth-order valence-corrected chi connectivity index (χ4v) is 3.78. The van der Waals surface area contributed by atoms with Crippen LogP contribution < -0.4 is 5.32 Å². The zero-order valence-electron chi connectivity index (χ0n) is 14.8. The number of aryl methyl sites for hydroxylation is 2. The molecule has 0 aliphatic heterocycles. The van der Waals surface area contributed by atoms with E-state index in [9.17, 15) is 4.79 Å². The molecule has 8 heteroatoms. The van der Waals surface area contributed by atoms with Crippen molar-refractivity contribution < 1.29 is 4.79 Å². The Kier molecular flexibility index (Phi) is 4.91. The maximum Gasteiger partial charge on any atom is 0.236 e. The molecule has 4 aromatic rings. The number of amides is 1. The van der Waals surface area contributed by atoms with Gasteiger partial charge in [-0.1, -0.05) is 11.8 Å². The first-order chi connectivity index (χ1) is 13.1. The average molecular weight is 396 g/mol. The Bertz CT molecular complexity index is 1050. The first-order valence-corrected chi connectivity index (χ1v) is 10.2. The van der Waals surface area contributed by atoms with Crippen molar-refractivity contribution in [1.82, 2.24) is 19.9 Å². The van der Waals surface area contributed by atoms with E-state index in [4.69, 9.17) is 0 Å². The van der Waals surface area contributed by atoms with Crippen molar-refractivity contribution in [3.8, 4) is 11.4 Å². The number of imidazole rings is 1. The number of pyridine rings is 1. The van der Waals surface area contributed by atoms with Gasteiger partial charge < -0.3 is 10.3 Å². The molecule has 1 aromatic carbocycles.